The minimum atomic E-state index is -0.186. The molecular weight excluding hydrogens is 314 g/mol. The summed E-state index contributed by atoms with van der Waals surface area (Å²) in [6.07, 6.45) is 2.03. The van der Waals surface area contributed by atoms with Crippen LogP contribution in [0.4, 0.5) is 5.69 Å². The predicted octanol–water partition coefficient (Wildman–Crippen LogP) is 3.20. The summed E-state index contributed by atoms with van der Waals surface area (Å²) < 4.78 is 1.91. The maximum Gasteiger partial charge on any atom is 0.278 e. The lowest BCUT2D eigenvalue weighted by Gasteiger charge is -2.23. The van der Waals surface area contributed by atoms with E-state index in [2.05, 4.69) is 40.9 Å². The van der Waals surface area contributed by atoms with Crippen LogP contribution in [0.1, 0.15) is 66.0 Å². The molecule has 1 fully saturated rings. The van der Waals surface area contributed by atoms with Crippen LogP contribution in [0.2, 0.25) is 0 Å². The average molecular weight is 341 g/mol. The zero-order chi connectivity index (χ0) is 18.0. The lowest BCUT2D eigenvalue weighted by molar-refractivity contribution is 0.102. The van der Waals surface area contributed by atoms with Gasteiger partial charge in [0.15, 0.2) is 5.69 Å². The van der Waals surface area contributed by atoms with E-state index in [9.17, 15) is 4.79 Å². The number of hydrogen-bond donors (Lipinski definition) is 2. The molecule has 2 N–H and O–H groups in total. The molecule has 0 bridgehead atoms. The summed E-state index contributed by atoms with van der Waals surface area (Å²) in [6.45, 7) is 10.2. The first kappa shape index (κ1) is 17.6. The highest BCUT2D eigenvalue weighted by Gasteiger charge is 2.23. The topological polar surface area (TPSA) is 71.8 Å². The standard InChI is InChI=1S/C19H27N5O/c1-12(2)16-7-5-6-13(3)17(16)21-19(25)18-14(4)24(23-22-18)15-8-10-20-11-9-15/h5-7,12,15,20H,8-11H2,1-4H3,(H,21,25). The van der Waals surface area contributed by atoms with Crippen LogP contribution < -0.4 is 10.6 Å². The Labute approximate surface area is 149 Å². The van der Waals surface area contributed by atoms with Gasteiger partial charge in [0.1, 0.15) is 0 Å². The highest BCUT2D eigenvalue weighted by atomic mass is 16.2. The fourth-order valence-corrected chi connectivity index (χ4v) is 3.46. The molecule has 2 heterocycles. The van der Waals surface area contributed by atoms with Crippen molar-refractivity contribution >= 4 is 11.6 Å². The van der Waals surface area contributed by atoms with E-state index in [1.807, 2.05) is 30.7 Å². The monoisotopic (exact) mass is 341 g/mol. The molecule has 134 valence electrons. The summed E-state index contributed by atoms with van der Waals surface area (Å²) in [6, 6.07) is 6.42. The molecule has 2 aromatic rings. The van der Waals surface area contributed by atoms with Crippen molar-refractivity contribution < 1.29 is 4.79 Å². The zero-order valence-electron chi connectivity index (χ0n) is 15.5. The molecule has 3 rings (SSSR count). The van der Waals surface area contributed by atoms with Gasteiger partial charge in [-0.3, -0.25) is 4.79 Å². The number of aryl methyl sites for hydroxylation is 1. The number of para-hydroxylation sites is 1. The van der Waals surface area contributed by atoms with E-state index >= 15 is 0 Å². The second-order valence-electron chi connectivity index (χ2n) is 7.10. The smallest absolute Gasteiger partial charge is 0.278 e. The minimum absolute atomic E-state index is 0.186. The summed E-state index contributed by atoms with van der Waals surface area (Å²) >= 11 is 0. The Morgan fingerprint density at radius 2 is 2.00 bits per heavy atom. The molecule has 0 spiro atoms. The van der Waals surface area contributed by atoms with Gasteiger partial charge in [0, 0.05) is 5.69 Å². The first-order valence-corrected chi connectivity index (χ1v) is 9.02. The maximum absolute atomic E-state index is 12.8. The number of nitrogens with one attached hydrogen (secondary N) is 2. The second kappa shape index (κ2) is 7.35. The second-order valence-corrected chi connectivity index (χ2v) is 7.10. The molecule has 1 amide bonds. The normalized spacial score (nSPS) is 15.6. The van der Waals surface area contributed by atoms with E-state index in [4.69, 9.17) is 0 Å². The third-order valence-electron chi connectivity index (χ3n) is 4.96. The van der Waals surface area contributed by atoms with Gasteiger partial charge in [0.05, 0.1) is 11.7 Å². The van der Waals surface area contributed by atoms with Crippen LogP contribution in [0.5, 0.6) is 0 Å². The molecule has 1 aromatic carbocycles. The molecule has 1 aliphatic rings. The summed E-state index contributed by atoms with van der Waals surface area (Å²) in [4.78, 5) is 12.8. The van der Waals surface area contributed by atoms with Crippen LogP contribution in [0.3, 0.4) is 0 Å². The van der Waals surface area contributed by atoms with Crippen molar-refractivity contribution in [3.05, 3.63) is 40.7 Å². The molecule has 1 aromatic heterocycles. The van der Waals surface area contributed by atoms with Crippen molar-refractivity contribution in [2.75, 3.05) is 18.4 Å². The molecule has 0 saturated carbocycles. The Balaban J connectivity index is 1.84. The molecule has 0 aliphatic carbocycles. The van der Waals surface area contributed by atoms with Crippen LogP contribution in [-0.2, 0) is 0 Å². The molecule has 25 heavy (non-hydrogen) atoms. The molecule has 1 aliphatic heterocycles. The van der Waals surface area contributed by atoms with E-state index in [0.717, 1.165) is 48.4 Å². The van der Waals surface area contributed by atoms with Crippen LogP contribution >= 0.6 is 0 Å². The van der Waals surface area contributed by atoms with E-state index in [1.54, 1.807) is 0 Å². The predicted molar refractivity (Wildman–Crippen MR) is 99.1 cm³/mol. The summed E-state index contributed by atoms with van der Waals surface area (Å²) in [5.41, 5.74) is 4.33. The number of hydrogen-bond acceptors (Lipinski definition) is 4. The van der Waals surface area contributed by atoms with Gasteiger partial charge in [0.2, 0.25) is 0 Å². The van der Waals surface area contributed by atoms with Crippen molar-refractivity contribution in [3.8, 4) is 0 Å². The summed E-state index contributed by atoms with van der Waals surface area (Å²) in [5, 5.41) is 14.8. The zero-order valence-corrected chi connectivity index (χ0v) is 15.5. The Morgan fingerprint density at radius 3 is 2.68 bits per heavy atom. The largest absolute Gasteiger partial charge is 0.320 e. The first-order valence-electron chi connectivity index (χ1n) is 9.02. The minimum Gasteiger partial charge on any atom is -0.320 e. The highest BCUT2D eigenvalue weighted by Crippen LogP contribution is 2.28. The van der Waals surface area contributed by atoms with E-state index in [-0.39, 0.29) is 5.91 Å². The van der Waals surface area contributed by atoms with Crippen LogP contribution in [-0.4, -0.2) is 34.0 Å². The Kier molecular flexibility index (Phi) is 5.18. The van der Waals surface area contributed by atoms with Gasteiger partial charge in [-0.15, -0.1) is 5.10 Å². The third-order valence-corrected chi connectivity index (χ3v) is 4.96. The number of nitrogens with zero attached hydrogens (tertiary/aromatic N) is 3. The van der Waals surface area contributed by atoms with Crippen molar-refractivity contribution in [1.29, 1.82) is 0 Å². The average Bonchev–Trinajstić information content (AvgIpc) is 2.98. The molecule has 1 saturated heterocycles. The quantitative estimate of drug-likeness (QED) is 0.896. The molecule has 0 atom stereocenters. The van der Waals surface area contributed by atoms with Crippen LogP contribution in [0, 0.1) is 13.8 Å². The van der Waals surface area contributed by atoms with Gasteiger partial charge in [-0.1, -0.05) is 37.3 Å². The van der Waals surface area contributed by atoms with E-state index in [1.165, 1.54) is 0 Å². The fourth-order valence-electron chi connectivity index (χ4n) is 3.46. The number of aromatic nitrogens is 3. The highest BCUT2D eigenvalue weighted by molar-refractivity contribution is 6.04. The SMILES string of the molecule is Cc1cccc(C(C)C)c1NC(=O)c1nnn(C2CCNCC2)c1C. The van der Waals surface area contributed by atoms with Gasteiger partial charge in [-0.05, 0) is 56.8 Å². The number of benzene rings is 1. The Hall–Kier alpha value is -2.21. The molecule has 6 heteroatoms. The molecular formula is C19H27N5O. The molecule has 0 radical (unpaired) electrons. The van der Waals surface area contributed by atoms with Gasteiger partial charge in [-0.2, -0.15) is 0 Å². The van der Waals surface area contributed by atoms with Gasteiger partial charge in [0.25, 0.3) is 5.91 Å². The van der Waals surface area contributed by atoms with Crippen LogP contribution in [0.25, 0.3) is 0 Å². The lowest BCUT2D eigenvalue weighted by Crippen LogP contribution is -2.30. The third kappa shape index (κ3) is 3.58. The van der Waals surface area contributed by atoms with Gasteiger partial charge < -0.3 is 10.6 Å². The maximum atomic E-state index is 12.8. The molecule has 6 nitrogen and oxygen atoms in total. The van der Waals surface area contributed by atoms with Crippen molar-refractivity contribution in [2.24, 2.45) is 0 Å². The summed E-state index contributed by atoms with van der Waals surface area (Å²) in [5.74, 6) is 0.149. The Morgan fingerprint density at radius 1 is 1.28 bits per heavy atom. The van der Waals surface area contributed by atoms with E-state index in [0.29, 0.717) is 17.7 Å². The number of piperidine rings is 1. The first-order chi connectivity index (χ1) is 12.0. The number of anilines is 1. The Bertz CT molecular complexity index is 759. The van der Waals surface area contributed by atoms with E-state index < -0.39 is 0 Å². The fraction of sp³-hybridized carbons (Fsp3) is 0.526. The number of carbonyl (C=O) groups is 1. The number of carbonyl (C=O) groups excluding carboxylic acids is 1. The summed E-state index contributed by atoms with van der Waals surface area (Å²) in [7, 11) is 0. The van der Waals surface area contributed by atoms with Crippen LogP contribution in [0.15, 0.2) is 18.2 Å². The van der Waals surface area contributed by atoms with Gasteiger partial charge >= 0.3 is 0 Å². The lowest BCUT2D eigenvalue weighted by atomic mass is 9.98. The van der Waals surface area contributed by atoms with Crippen molar-refractivity contribution in [2.45, 2.75) is 52.5 Å². The molecule has 0 unspecified atom stereocenters. The number of rotatable bonds is 4. The van der Waals surface area contributed by atoms with Gasteiger partial charge in [-0.25, -0.2) is 4.68 Å². The number of amides is 1. The van der Waals surface area contributed by atoms with Crippen molar-refractivity contribution in [1.82, 2.24) is 20.3 Å². The van der Waals surface area contributed by atoms with Crippen molar-refractivity contribution in [3.63, 3.8) is 0 Å².